The van der Waals surface area contributed by atoms with Gasteiger partial charge in [-0.25, -0.2) is 17.9 Å². The van der Waals surface area contributed by atoms with Crippen molar-refractivity contribution in [2.24, 2.45) is 5.14 Å². The Morgan fingerprint density at radius 2 is 2.06 bits per heavy atom. The third kappa shape index (κ3) is 2.68. The fourth-order valence-electron chi connectivity index (χ4n) is 1.51. The van der Waals surface area contributed by atoms with Crippen LogP contribution in [0, 0.1) is 5.82 Å². The van der Waals surface area contributed by atoms with E-state index < -0.39 is 21.7 Å². The lowest BCUT2D eigenvalue weighted by Gasteiger charge is -2.12. The molecule has 1 aliphatic carbocycles. The Hall–Kier alpha value is -1.47. The average molecular weight is 272 g/mol. The van der Waals surface area contributed by atoms with Crippen molar-refractivity contribution in [3.63, 3.8) is 0 Å². The SMILES string of the molecule is CC1(NC(=O)c2cc(S(N)(=O)=O)ccc2F)CC1. The highest BCUT2D eigenvalue weighted by Crippen LogP contribution is 2.34. The minimum Gasteiger partial charge on any atom is -0.347 e. The molecule has 1 amide bonds. The fraction of sp³-hybridized carbons (Fsp3) is 0.364. The molecular weight excluding hydrogens is 259 g/mol. The highest BCUT2D eigenvalue weighted by Gasteiger charge is 2.39. The van der Waals surface area contributed by atoms with Gasteiger partial charge in [0.05, 0.1) is 10.5 Å². The molecule has 0 heterocycles. The third-order valence-corrected chi connectivity index (χ3v) is 3.84. The Kier molecular flexibility index (Phi) is 2.90. The van der Waals surface area contributed by atoms with Crippen LogP contribution in [-0.4, -0.2) is 19.9 Å². The molecule has 0 radical (unpaired) electrons. The molecule has 1 saturated carbocycles. The molecule has 2 rings (SSSR count). The van der Waals surface area contributed by atoms with Crippen LogP contribution in [0.5, 0.6) is 0 Å². The number of hydrogen-bond donors (Lipinski definition) is 2. The van der Waals surface area contributed by atoms with Crippen LogP contribution in [-0.2, 0) is 10.0 Å². The Balaban J connectivity index is 2.34. The molecule has 1 aromatic rings. The lowest BCUT2D eigenvalue weighted by atomic mass is 10.2. The molecule has 5 nitrogen and oxygen atoms in total. The zero-order valence-electron chi connectivity index (χ0n) is 9.73. The predicted octanol–water partition coefficient (Wildman–Crippen LogP) is 0.755. The maximum absolute atomic E-state index is 13.5. The molecule has 98 valence electrons. The number of amides is 1. The minimum atomic E-state index is -3.95. The van der Waals surface area contributed by atoms with Crippen molar-refractivity contribution in [3.8, 4) is 0 Å². The van der Waals surface area contributed by atoms with Gasteiger partial charge in [-0.1, -0.05) is 0 Å². The van der Waals surface area contributed by atoms with Gasteiger partial charge in [0.15, 0.2) is 0 Å². The Morgan fingerprint density at radius 3 is 2.56 bits per heavy atom. The lowest BCUT2D eigenvalue weighted by Crippen LogP contribution is -2.34. The molecule has 0 atom stereocenters. The van der Waals surface area contributed by atoms with E-state index in [1.165, 1.54) is 0 Å². The molecule has 3 N–H and O–H groups in total. The highest BCUT2D eigenvalue weighted by molar-refractivity contribution is 7.89. The zero-order chi connectivity index (χ0) is 13.6. The number of carbonyl (C=O) groups excluding carboxylic acids is 1. The number of rotatable bonds is 3. The van der Waals surface area contributed by atoms with E-state index in [1.54, 1.807) is 0 Å². The number of carbonyl (C=O) groups is 1. The van der Waals surface area contributed by atoms with E-state index in [1.807, 2.05) is 6.92 Å². The summed E-state index contributed by atoms with van der Waals surface area (Å²) in [6.07, 6.45) is 1.66. The molecule has 0 unspecified atom stereocenters. The predicted molar refractivity (Wildman–Crippen MR) is 62.9 cm³/mol. The summed E-state index contributed by atoms with van der Waals surface area (Å²) in [7, 11) is -3.95. The topological polar surface area (TPSA) is 89.3 Å². The monoisotopic (exact) mass is 272 g/mol. The van der Waals surface area contributed by atoms with E-state index in [-0.39, 0.29) is 16.0 Å². The number of nitrogens with two attached hydrogens (primary N) is 1. The minimum absolute atomic E-state index is 0.282. The standard InChI is InChI=1S/C11H13FN2O3S/c1-11(4-5-11)14-10(15)8-6-7(18(13,16)17)2-3-9(8)12/h2-3,6H,4-5H2,1H3,(H,14,15)(H2,13,16,17). The van der Waals surface area contributed by atoms with E-state index in [9.17, 15) is 17.6 Å². The van der Waals surface area contributed by atoms with Gasteiger partial charge in [-0.15, -0.1) is 0 Å². The van der Waals surface area contributed by atoms with Crippen LogP contribution in [0.1, 0.15) is 30.1 Å². The summed E-state index contributed by atoms with van der Waals surface area (Å²) in [5, 5.41) is 7.58. The van der Waals surface area contributed by atoms with Crippen molar-refractivity contribution >= 4 is 15.9 Å². The molecular formula is C11H13FN2O3S. The van der Waals surface area contributed by atoms with E-state index in [2.05, 4.69) is 5.32 Å². The third-order valence-electron chi connectivity index (χ3n) is 2.93. The zero-order valence-corrected chi connectivity index (χ0v) is 10.6. The number of halogens is 1. The van der Waals surface area contributed by atoms with Gasteiger partial charge in [0.25, 0.3) is 5.91 Å². The van der Waals surface area contributed by atoms with Crippen LogP contribution in [0.2, 0.25) is 0 Å². The van der Waals surface area contributed by atoms with Crippen molar-refractivity contribution in [2.75, 3.05) is 0 Å². The van der Waals surface area contributed by atoms with Crippen LogP contribution < -0.4 is 10.5 Å². The molecule has 0 aliphatic heterocycles. The largest absolute Gasteiger partial charge is 0.347 e. The van der Waals surface area contributed by atoms with Gasteiger partial charge >= 0.3 is 0 Å². The van der Waals surface area contributed by atoms with Gasteiger partial charge in [0.1, 0.15) is 5.82 Å². The smallest absolute Gasteiger partial charge is 0.254 e. The first-order chi connectivity index (χ1) is 8.21. The summed E-state index contributed by atoms with van der Waals surface area (Å²) in [5.41, 5.74) is -0.615. The van der Waals surface area contributed by atoms with Gasteiger partial charge in [-0.3, -0.25) is 4.79 Å². The van der Waals surface area contributed by atoms with Crippen LogP contribution in [0.4, 0.5) is 4.39 Å². The van der Waals surface area contributed by atoms with E-state index in [4.69, 9.17) is 5.14 Å². The summed E-state index contributed by atoms with van der Waals surface area (Å²) in [6.45, 7) is 1.84. The molecule has 0 saturated heterocycles. The molecule has 18 heavy (non-hydrogen) atoms. The van der Waals surface area contributed by atoms with Gasteiger partial charge in [0, 0.05) is 5.54 Å². The average Bonchev–Trinajstić information content (AvgIpc) is 2.94. The van der Waals surface area contributed by atoms with Crippen molar-refractivity contribution in [1.82, 2.24) is 5.32 Å². The van der Waals surface area contributed by atoms with Gasteiger partial charge in [-0.05, 0) is 38.0 Å². The van der Waals surface area contributed by atoms with Crippen LogP contribution in [0.3, 0.4) is 0 Å². The van der Waals surface area contributed by atoms with E-state index >= 15 is 0 Å². The lowest BCUT2D eigenvalue weighted by molar-refractivity contribution is 0.0931. The molecule has 0 aromatic heterocycles. The van der Waals surface area contributed by atoms with Crippen molar-refractivity contribution in [3.05, 3.63) is 29.6 Å². The molecule has 1 aliphatic rings. The first kappa shape index (κ1) is 13.0. The first-order valence-electron chi connectivity index (χ1n) is 5.36. The molecule has 0 spiro atoms. The van der Waals surface area contributed by atoms with Crippen molar-refractivity contribution in [2.45, 2.75) is 30.2 Å². The number of sulfonamides is 1. The molecule has 1 fully saturated rings. The molecule has 0 bridgehead atoms. The fourth-order valence-corrected chi connectivity index (χ4v) is 2.05. The van der Waals surface area contributed by atoms with E-state index in [0.717, 1.165) is 31.0 Å². The summed E-state index contributed by atoms with van der Waals surface area (Å²) in [6, 6.07) is 2.90. The maximum atomic E-state index is 13.5. The highest BCUT2D eigenvalue weighted by atomic mass is 32.2. The van der Waals surface area contributed by atoms with Gasteiger partial charge in [0.2, 0.25) is 10.0 Å². The first-order valence-corrected chi connectivity index (χ1v) is 6.91. The second kappa shape index (κ2) is 4.03. The second-order valence-corrected chi connectivity index (χ2v) is 6.26. The number of primary sulfonamides is 1. The number of nitrogens with one attached hydrogen (secondary N) is 1. The Morgan fingerprint density at radius 1 is 1.44 bits per heavy atom. The number of hydrogen-bond acceptors (Lipinski definition) is 3. The number of benzene rings is 1. The summed E-state index contributed by atoms with van der Waals surface area (Å²) in [5.74, 6) is -1.40. The maximum Gasteiger partial charge on any atom is 0.254 e. The van der Waals surface area contributed by atoms with Crippen molar-refractivity contribution in [1.29, 1.82) is 0 Å². The summed E-state index contributed by atoms with van der Waals surface area (Å²) in [4.78, 5) is 11.5. The van der Waals surface area contributed by atoms with Crippen LogP contribution in [0.25, 0.3) is 0 Å². The van der Waals surface area contributed by atoms with Gasteiger partial charge < -0.3 is 5.32 Å². The molecule has 1 aromatic carbocycles. The van der Waals surface area contributed by atoms with Crippen LogP contribution in [0.15, 0.2) is 23.1 Å². The second-order valence-electron chi connectivity index (χ2n) is 4.70. The van der Waals surface area contributed by atoms with Crippen molar-refractivity contribution < 1.29 is 17.6 Å². The normalized spacial score (nSPS) is 17.3. The molecule has 7 heteroatoms. The summed E-state index contributed by atoms with van der Waals surface area (Å²) < 4.78 is 35.8. The van der Waals surface area contributed by atoms with Crippen LogP contribution >= 0.6 is 0 Å². The quantitative estimate of drug-likeness (QED) is 0.851. The Labute approximate surface area is 104 Å². The summed E-state index contributed by atoms with van der Waals surface area (Å²) >= 11 is 0. The Bertz CT molecular complexity index is 609. The van der Waals surface area contributed by atoms with Gasteiger partial charge in [-0.2, -0.15) is 0 Å². The van der Waals surface area contributed by atoms with E-state index in [0.29, 0.717) is 0 Å².